The van der Waals surface area contributed by atoms with Gasteiger partial charge in [-0.3, -0.25) is 0 Å². The van der Waals surface area contributed by atoms with Crippen molar-refractivity contribution in [3.63, 3.8) is 0 Å². The van der Waals surface area contributed by atoms with Gasteiger partial charge in [0.25, 0.3) is 0 Å². The summed E-state index contributed by atoms with van der Waals surface area (Å²) in [5, 5.41) is 4.47. The second kappa shape index (κ2) is 6.02. The van der Waals surface area contributed by atoms with Crippen molar-refractivity contribution in [3.05, 3.63) is 39.3 Å². The zero-order valence-corrected chi connectivity index (χ0v) is 12.9. The topological polar surface area (TPSA) is 51.2 Å². The molecule has 0 spiro atoms. The third-order valence-corrected chi connectivity index (χ3v) is 3.59. The molecule has 0 atom stereocenters. The fourth-order valence-electron chi connectivity index (χ4n) is 1.48. The van der Waals surface area contributed by atoms with Gasteiger partial charge in [-0.25, -0.2) is 9.78 Å². The molecule has 112 valence electrons. The molecule has 1 aromatic carbocycles. The van der Waals surface area contributed by atoms with E-state index < -0.39 is 17.7 Å². The second-order valence-corrected chi connectivity index (χ2v) is 5.65. The standard InChI is InChI=1S/C12H8BrF3N2O2S/c1-20-10(19)9-5-21-11(18-9)17-8-3-6(12(14,15)16)2-7(13)4-8/h2-5H,1H3,(H,17,18). The summed E-state index contributed by atoms with van der Waals surface area (Å²) in [4.78, 5) is 15.2. The van der Waals surface area contributed by atoms with Gasteiger partial charge < -0.3 is 10.1 Å². The number of hydrogen-bond acceptors (Lipinski definition) is 5. The van der Waals surface area contributed by atoms with Gasteiger partial charge in [0, 0.05) is 15.5 Å². The van der Waals surface area contributed by atoms with E-state index in [4.69, 9.17) is 0 Å². The van der Waals surface area contributed by atoms with Gasteiger partial charge in [-0.05, 0) is 18.2 Å². The molecule has 21 heavy (non-hydrogen) atoms. The number of nitrogens with one attached hydrogen (secondary N) is 1. The Bertz CT molecular complexity index is 673. The van der Waals surface area contributed by atoms with Crippen LogP contribution in [-0.4, -0.2) is 18.1 Å². The van der Waals surface area contributed by atoms with Crippen molar-refractivity contribution in [1.29, 1.82) is 0 Å². The van der Waals surface area contributed by atoms with Crippen molar-refractivity contribution in [1.82, 2.24) is 4.98 Å². The van der Waals surface area contributed by atoms with Gasteiger partial charge in [0.1, 0.15) is 0 Å². The minimum absolute atomic E-state index is 0.0936. The first-order valence-corrected chi connectivity index (χ1v) is 7.15. The molecular formula is C12H8BrF3N2O2S. The highest BCUT2D eigenvalue weighted by atomic mass is 79.9. The number of rotatable bonds is 3. The normalized spacial score (nSPS) is 11.3. The number of ether oxygens (including phenoxy) is 1. The monoisotopic (exact) mass is 380 g/mol. The van der Waals surface area contributed by atoms with Crippen LogP contribution in [0.4, 0.5) is 24.0 Å². The van der Waals surface area contributed by atoms with E-state index in [-0.39, 0.29) is 15.9 Å². The van der Waals surface area contributed by atoms with Crippen LogP contribution in [0.25, 0.3) is 0 Å². The van der Waals surface area contributed by atoms with Crippen molar-refractivity contribution in [2.45, 2.75) is 6.18 Å². The van der Waals surface area contributed by atoms with E-state index in [2.05, 4.69) is 31.0 Å². The first-order valence-electron chi connectivity index (χ1n) is 5.48. The van der Waals surface area contributed by atoms with Crippen LogP contribution >= 0.6 is 27.3 Å². The molecule has 0 radical (unpaired) electrons. The molecule has 0 amide bonds. The van der Waals surface area contributed by atoms with Crippen molar-refractivity contribution in [3.8, 4) is 0 Å². The maximum absolute atomic E-state index is 12.7. The summed E-state index contributed by atoms with van der Waals surface area (Å²) in [7, 11) is 1.22. The molecule has 2 aromatic rings. The van der Waals surface area contributed by atoms with Crippen LogP contribution < -0.4 is 5.32 Å². The van der Waals surface area contributed by atoms with Gasteiger partial charge in [-0.1, -0.05) is 15.9 Å². The summed E-state index contributed by atoms with van der Waals surface area (Å²) in [6, 6.07) is 3.42. The average Bonchev–Trinajstić information content (AvgIpc) is 2.84. The Balaban J connectivity index is 2.25. The van der Waals surface area contributed by atoms with Gasteiger partial charge in [0.05, 0.1) is 12.7 Å². The second-order valence-electron chi connectivity index (χ2n) is 3.88. The van der Waals surface area contributed by atoms with E-state index in [1.54, 1.807) is 0 Å². The van der Waals surface area contributed by atoms with E-state index in [0.717, 1.165) is 23.5 Å². The number of methoxy groups -OCH3 is 1. The van der Waals surface area contributed by atoms with E-state index in [1.165, 1.54) is 18.6 Å². The lowest BCUT2D eigenvalue weighted by atomic mass is 10.2. The highest BCUT2D eigenvalue weighted by Crippen LogP contribution is 2.34. The van der Waals surface area contributed by atoms with Crippen molar-refractivity contribution in [2.24, 2.45) is 0 Å². The van der Waals surface area contributed by atoms with Crippen LogP contribution in [0, 0.1) is 0 Å². The van der Waals surface area contributed by atoms with Gasteiger partial charge in [-0.15, -0.1) is 11.3 Å². The number of carbonyl (C=O) groups is 1. The van der Waals surface area contributed by atoms with E-state index >= 15 is 0 Å². The molecule has 0 fully saturated rings. The number of esters is 1. The number of hydrogen-bond donors (Lipinski definition) is 1. The molecule has 9 heteroatoms. The van der Waals surface area contributed by atoms with E-state index in [0.29, 0.717) is 5.13 Å². The fraction of sp³-hybridized carbons (Fsp3) is 0.167. The number of thiazole rings is 1. The van der Waals surface area contributed by atoms with Crippen LogP contribution in [0.15, 0.2) is 28.1 Å². The maximum Gasteiger partial charge on any atom is 0.416 e. The Morgan fingerprint density at radius 3 is 2.71 bits per heavy atom. The molecule has 0 saturated carbocycles. The Kier molecular flexibility index (Phi) is 4.52. The highest BCUT2D eigenvalue weighted by Gasteiger charge is 2.31. The van der Waals surface area contributed by atoms with Crippen molar-refractivity contribution in [2.75, 3.05) is 12.4 Å². The van der Waals surface area contributed by atoms with Gasteiger partial charge in [-0.2, -0.15) is 13.2 Å². The summed E-state index contributed by atoms with van der Waals surface area (Å²) in [5.41, 5.74) is -0.484. The van der Waals surface area contributed by atoms with Gasteiger partial charge in [0.2, 0.25) is 0 Å². The third-order valence-electron chi connectivity index (χ3n) is 2.38. The Labute approximate surface area is 130 Å². The smallest absolute Gasteiger partial charge is 0.416 e. The molecule has 1 aromatic heterocycles. The fourth-order valence-corrected chi connectivity index (χ4v) is 2.67. The van der Waals surface area contributed by atoms with Crippen molar-refractivity contribution < 1.29 is 22.7 Å². The lowest BCUT2D eigenvalue weighted by Gasteiger charge is -2.10. The van der Waals surface area contributed by atoms with Crippen LogP contribution in [0.3, 0.4) is 0 Å². The quantitative estimate of drug-likeness (QED) is 0.798. The zero-order chi connectivity index (χ0) is 15.6. The first-order chi connectivity index (χ1) is 9.79. The Hall–Kier alpha value is -1.61. The summed E-state index contributed by atoms with van der Waals surface area (Å²) >= 11 is 4.12. The molecule has 0 aliphatic rings. The number of carbonyl (C=O) groups excluding carboxylic acids is 1. The van der Waals surface area contributed by atoms with Crippen LogP contribution in [0.2, 0.25) is 0 Å². The molecule has 2 rings (SSSR count). The van der Waals surface area contributed by atoms with Gasteiger partial charge >= 0.3 is 12.1 Å². The molecule has 1 heterocycles. The third kappa shape index (κ3) is 3.94. The molecule has 1 N–H and O–H groups in total. The summed E-state index contributed by atoms with van der Waals surface area (Å²) in [5.74, 6) is -0.607. The SMILES string of the molecule is COC(=O)c1csc(Nc2cc(Br)cc(C(F)(F)F)c2)n1. The van der Waals surface area contributed by atoms with Gasteiger partial charge in [0.15, 0.2) is 10.8 Å². The predicted molar refractivity (Wildman–Crippen MR) is 75.9 cm³/mol. The molecule has 0 saturated heterocycles. The molecule has 4 nitrogen and oxygen atoms in total. The summed E-state index contributed by atoms with van der Waals surface area (Å²) < 4.78 is 42.9. The average molecular weight is 381 g/mol. The summed E-state index contributed by atoms with van der Waals surface area (Å²) in [6.45, 7) is 0. The van der Waals surface area contributed by atoms with E-state index in [9.17, 15) is 18.0 Å². The number of benzene rings is 1. The minimum Gasteiger partial charge on any atom is -0.464 e. The lowest BCUT2D eigenvalue weighted by Crippen LogP contribution is -2.05. The van der Waals surface area contributed by atoms with Crippen molar-refractivity contribution >= 4 is 44.1 Å². The number of halogens is 4. The molecule has 0 unspecified atom stereocenters. The Morgan fingerprint density at radius 2 is 2.10 bits per heavy atom. The van der Waals surface area contributed by atoms with E-state index in [1.807, 2.05) is 0 Å². The maximum atomic E-state index is 12.7. The largest absolute Gasteiger partial charge is 0.464 e. The molecular weight excluding hydrogens is 373 g/mol. The highest BCUT2D eigenvalue weighted by molar-refractivity contribution is 9.10. The summed E-state index contributed by atoms with van der Waals surface area (Å²) in [6.07, 6.45) is -4.44. The minimum atomic E-state index is -4.44. The lowest BCUT2D eigenvalue weighted by molar-refractivity contribution is -0.137. The van der Waals surface area contributed by atoms with Crippen LogP contribution in [-0.2, 0) is 10.9 Å². The predicted octanol–water partition coefficient (Wildman–Crippen LogP) is 4.45. The first kappa shape index (κ1) is 15.8. The van der Waals surface area contributed by atoms with Crippen LogP contribution in [0.1, 0.15) is 16.1 Å². The molecule has 0 bridgehead atoms. The molecule has 0 aliphatic heterocycles. The number of alkyl halides is 3. The number of anilines is 2. The molecule has 0 aliphatic carbocycles. The van der Waals surface area contributed by atoms with Crippen LogP contribution in [0.5, 0.6) is 0 Å². The number of nitrogens with zero attached hydrogens (tertiary/aromatic N) is 1. The Morgan fingerprint density at radius 1 is 1.38 bits per heavy atom. The zero-order valence-electron chi connectivity index (χ0n) is 10.5. The number of aromatic nitrogens is 1.